The number of isocyanates is 1. The van der Waals surface area contributed by atoms with Crippen molar-refractivity contribution in [1.29, 1.82) is 0 Å². The van der Waals surface area contributed by atoms with Gasteiger partial charge in [-0.2, -0.15) is 4.99 Å². The molecule has 1 aromatic rings. The summed E-state index contributed by atoms with van der Waals surface area (Å²) in [6.07, 6.45) is 1.55. The molecule has 21 heavy (non-hydrogen) atoms. The molecular weight excluding hydrogens is 266 g/mol. The van der Waals surface area contributed by atoms with Crippen molar-refractivity contribution in [2.45, 2.75) is 33.2 Å². The summed E-state index contributed by atoms with van der Waals surface area (Å²) in [6, 6.07) is 5.36. The van der Waals surface area contributed by atoms with Gasteiger partial charge in [-0.3, -0.25) is 0 Å². The van der Waals surface area contributed by atoms with Crippen LogP contribution >= 0.6 is 0 Å². The van der Waals surface area contributed by atoms with E-state index in [1.54, 1.807) is 45.1 Å². The lowest BCUT2D eigenvalue weighted by molar-refractivity contribution is -0.130. The van der Waals surface area contributed by atoms with E-state index in [0.29, 0.717) is 16.9 Å². The van der Waals surface area contributed by atoms with Gasteiger partial charge in [0.15, 0.2) is 0 Å². The quantitative estimate of drug-likeness (QED) is 0.272. The summed E-state index contributed by atoms with van der Waals surface area (Å²) >= 11 is 0. The minimum Gasteiger partial charge on any atom is -0.422 e. The summed E-state index contributed by atoms with van der Waals surface area (Å²) in [5.41, 5.74) is 1.47. The van der Waals surface area contributed by atoms with Crippen LogP contribution < -0.4 is 4.74 Å². The minimum absolute atomic E-state index is 0.286. The van der Waals surface area contributed by atoms with E-state index in [4.69, 9.17) is 4.74 Å². The fraction of sp³-hybridized carbons (Fsp3) is 0.294. The Labute approximate surface area is 124 Å². The summed E-state index contributed by atoms with van der Waals surface area (Å²) in [4.78, 5) is 26.3. The van der Waals surface area contributed by atoms with Crippen LogP contribution in [-0.2, 0) is 15.1 Å². The van der Waals surface area contributed by atoms with E-state index in [9.17, 15) is 9.59 Å². The van der Waals surface area contributed by atoms with Gasteiger partial charge in [0.2, 0.25) is 6.08 Å². The Morgan fingerprint density at radius 2 is 1.90 bits per heavy atom. The first-order chi connectivity index (χ1) is 9.70. The first-order valence-electron chi connectivity index (χ1n) is 6.46. The van der Waals surface area contributed by atoms with Crippen molar-refractivity contribution in [2.24, 2.45) is 4.99 Å². The lowest BCUT2D eigenvalue weighted by Crippen LogP contribution is -2.19. The van der Waals surface area contributed by atoms with E-state index in [-0.39, 0.29) is 5.57 Å². The van der Waals surface area contributed by atoms with Gasteiger partial charge in [-0.15, -0.1) is 0 Å². The Morgan fingerprint density at radius 1 is 1.29 bits per heavy atom. The molecule has 4 nitrogen and oxygen atoms in total. The fourth-order valence-electron chi connectivity index (χ4n) is 1.82. The molecule has 4 heteroatoms. The zero-order valence-electron chi connectivity index (χ0n) is 12.8. The molecule has 0 unspecified atom stereocenters. The topological polar surface area (TPSA) is 55.7 Å². The summed E-state index contributed by atoms with van der Waals surface area (Å²) in [7, 11) is 0. The molecule has 0 aromatic heterocycles. The molecule has 0 amide bonds. The average molecular weight is 285 g/mol. The number of para-hydroxylation sites is 1. The molecule has 1 aromatic carbocycles. The number of esters is 1. The number of benzene rings is 1. The standard InChI is InChI=1S/C17H19NO3/c1-11(2)13-8-7-9-14(17(5,6)18-10-19)15(13)21-16(20)12(3)4/h7-9H,1,3H2,2,4-6H3. The molecule has 0 spiro atoms. The van der Waals surface area contributed by atoms with Gasteiger partial charge >= 0.3 is 5.97 Å². The van der Waals surface area contributed by atoms with Crippen molar-refractivity contribution in [3.05, 3.63) is 48.1 Å². The smallest absolute Gasteiger partial charge is 0.338 e. The maximum Gasteiger partial charge on any atom is 0.338 e. The van der Waals surface area contributed by atoms with Gasteiger partial charge in [-0.05, 0) is 33.3 Å². The van der Waals surface area contributed by atoms with Crippen LogP contribution in [-0.4, -0.2) is 12.0 Å². The van der Waals surface area contributed by atoms with Crippen LogP contribution in [0.1, 0.15) is 38.8 Å². The van der Waals surface area contributed by atoms with Crippen LogP contribution in [0.4, 0.5) is 0 Å². The highest BCUT2D eigenvalue weighted by Crippen LogP contribution is 2.37. The third kappa shape index (κ3) is 3.77. The minimum atomic E-state index is -0.863. The second-order valence-corrected chi connectivity index (χ2v) is 5.39. The first-order valence-corrected chi connectivity index (χ1v) is 6.46. The molecule has 0 bridgehead atoms. The summed E-state index contributed by atoms with van der Waals surface area (Å²) in [5.74, 6) is -0.183. The molecule has 0 atom stereocenters. The molecule has 0 aliphatic heterocycles. The predicted molar refractivity (Wildman–Crippen MR) is 82.7 cm³/mol. The highest BCUT2D eigenvalue weighted by molar-refractivity contribution is 5.90. The van der Waals surface area contributed by atoms with Crippen LogP contribution in [0.3, 0.4) is 0 Å². The van der Waals surface area contributed by atoms with Gasteiger partial charge in [0, 0.05) is 16.7 Å². The highest BCUT2D eigenvalue weighted by atomic mass is 16.5. The van der Waals surface area contributed by atoms with Crippen LogP contribution in [0, 0.1) is 0 Å². The number of hydrogen-bond acceptors (Lipinski definition) is 4. The Balaban J connectivity index is 3.54. The number of allylic oxidation sites excluding steroid dienone is 1. The summed E-state index contributed by atoms with van der Waals surface area (Å²) < 4.78 is 5.44. The fourth-order valence-corrected chi connectivity index (χ4v) is 1.82. The number of ether oxygens (including phenoxy) is 1. The number of hydrogen-bond donors (Lipinski definition) is 0. The maximum atomic E-state index is 11.9. The van der Waals surface area contributed by atoms with E-state index in [1.165, 1.54) is 0 Å². The lowest BCUT2D eigenvalue weighted by atomic mass is 9.91. The van der Waals surface area contributed by atoms with Crippen molar-refractivity contribution < 1.29 is 14.3 Å². The molecule has 0 heterocycles. The van der Waals surface area contributed by atoms with Gasteiger partial charge in [0.05, 0.1) is 5.54 Å². The van der Waals surface area contributed by atoms with E-state index in [2.05, 4.69) is 18.2 Å². The molecule has 0 aliphatic carbocycles. The van der Waals surface area contributed by atoms with Gasteiger partial charge in [0.1, 0.15) is 5.75 Å². The molecule has 0 saturated carbocycles. The Morgan fingerprint density at radius 3 is 2.38 bits per heavy atom. The number of aliphatic imine (C=N–C) groups is 1. The zero-order chi connectivity index (χ0) is 16.2. The third-order valence-corrected chi connectivity index (χ3v) is 3.00. The Kier molecular flexibility index (Phi) is 5.01. The van der Waals surface area contributed by atoms with E-state index in [1.807, 2.05) is 6.92 Å². The average Bonchev–Trinajstić information content (AvgIpc) is 2.38. The van der Waals surface area contributed by atoms with Crippen molar-refractivity contribution in [1.82, 2.24) is 0 Å². The number of nitrogens with zero attached hydrogens (tertiary/aromatic N) is 1. The van der Waals surface area contributed by atoms with Gasteiger partial charge in [-0.1, -0.05) is 31.4 Å². The van der Waals surface area contributed by atoms with Crippen molar-refractivity contribution in [3.63, 3.8) is 0 Å². The second kappa shape index (κ2) is 6.33. The Hall–Kier alpha value is -2.45. The molecular formula is C17H19NO3. The number of carbonyl (C=O) groups excluding carboxylic acids is 2. The largest absolute Gasteiger partial charge is 0.422 e. The van der Waals surface area contributed by atoms with Crippen LogP contribution in [0.25, 0.3) is 5.57 Å². The molecule has 0 saturated heterocycles. The predicted octanol–water partition coefficient (Wildman–Crippen LogP) is 3.77. The monoisotopic (exact) mass is 285 g/mol. The van der Waals surface area contributed by atoms with Crippen molar-refractivity contribution >= 4 is 17.6 Å². The maximum absolute atomic E-state index is 11.9. The molecule has 0 aliphatic rings. The molecule has 0 N–H and O–H groups in total. The first kappa shape index (κ1) is 16.6. The summed E-state index contributed by atoms with van der Waals surface area (Å²) in [5, 5.41) is 0. The van der Waals surface area contributed by atoms with Crippen molar-refractivity contribution in [2.75, 3.05) is 0 Å². The van der Waals surface area contributed by atoms with E-state index in [0.717, 1.165) is 5.57 Å². The second-order valence-electron chi connectivity index (χ2n) is 5.39. The molecule has 0 radical (unpaired) electrons. The van der Waals surface area contributed by atoms with Gasteiger partial charge in [0.25, 0.3) is 0 Å². The van der Waals surface area contributed by atoms with E-state index >= 15 is 0 Å². The van der Waals surface area contributed by atoms with Gasteiger partial charge in [-0.25, -0.2) is 9.59 Å². The van der Waals surface area contributed by atoms with Crippen LogP contribution in [0.15, 0.2) is 41.9 Å². The Bertz CT molecular complexity index is 650. The lowest BCUT2D eigenvalue weighted by Gasteiger charge is -2.23. The zero-order valence-corrected chi connectivity index (χ0v) is 12.8. The normalized spacial score (nSPS) is 10.5. The third-order valence-electron chi connectivity index (χ3n) is 3.00. The van der Waals surface area contributed by atoms with Gasteiger partial charge < -0.3 is 4.74 Å². The number of carbonyl (C=O) groups is 1. The highest BCUT2D eigenvalue weighted by Gasteiger charge is 2.27. The molecule has 110 valence electrons. The molecule has 0 fully saturated rings. The SMILES string of the molecule is C=C(C)C(=O)Oc1c(C(=C)C)cccc1C(C)(C)N=C=O. The summed E-state index contributed by atoms with van der Waals surface area (Å²) in [6.45, 7) is 14.3. The van der Waals surface area contributed by atoms with E-state index < -0.39 is 11.5 Å². The van der Waals surface area contributed by atoms with Crippen LogP contribution in [0.2, 0.25) is 0 Å². The van der Waals surface area contributed by atoms with Crippen molar-refractivity contribution in [3.8, 4) is 5.75 Å². The van der Waals surface area contributed by atoms with Crippen LogP contribution in [0.5, 0.6) is 5.75 Å². The molecule has 1 rings (SSSR count). The number of rotatable bonds is 5.